The fourth-order valence-electron chi connectivity index (χ4n) is 2.74. The topological polar surface area (TPSA) is 76.7 Å². The van der Waals surface area contributed by atoms with Crippen LogP contribution in [0, 0.1) is 0 Å². The smallest absolute Gasteiger partial charge is 0.411 e. The van der Waals surface area contributed by atoms with Crippen molar-refractivity contribution in [1.82, 2.24) is 0 Å². The van der Waals surface area contributed by atoms with Gasteiger partial charge in [-0.15, -0.1) is 0 Å². The minimum absolute atomic E-state index is 0.306. The molecule has 2 N–H and O–H groups in total. The number of nitrogens with one attached hydrogen (secondary N) is 2. The standard InChI is InChI=1S/C17H24N2O4/c1-3-23-16(20)12-9-10-14(15(11-12)19-17(21)22-2)18-13-7-5-4-6-8-13/h9-11,13,18H,3-8H2,1-2H3,(H,19,21). The second-order valence-corrected chi connectivity index (χ2v) is 5.58. The molecule has 1 fully saturated rings. The normalized spacial score (nSPS) is 14.9. The highest BCUT2D eigenvalue weighted by atomic mass is 16.5. The van der Waals surface area contributed by atoms with Crippen molar-refractivity contribution in [3.05, 3.63) is 23.8 Å². The predicted octanol–water partition coefficient (Wildman–Crippen LogP) is 3.79. The lowest BCUT2D eigenvalue weighted by Gasteiger charge is -2.25. The fraction of sp³-hybridized carbons (Fsp3) is 0.529. The van der Waals surface area contributed by atoms with E-state index in [1.165, 1.54) is 26.4 Å². The van der Waals surface area contributed by atoms with Gasteiger partial charge in [0.1, 0.15) is 0 Å². The number of carbonyl (C=O) groups is 2. The number of benzene rings is 1. The molecule has 0 radical (unpaired) electrons. The molecule has 2 rings (SSSR count). The fourth-order valence-corrected chi connectivity index (χ4v) is 2.74. The van der Waals surface area contributed by atoms with Crippen molar-refractivity contribution in [3.63, 3.8) is 0 Å². The number of carbonyl (C=O) groups excluding carboxylic acids is 2. The Kier molecular flexibility index (Phi) is 6.26. The quantitative estimate of drug-likeness (QED) is 0.807. The van der Waals surface area contributed by atoms with Gasteiger partial charge in [-0.2, -0.15) is 0 Å². The zero-order valence-corrected chi connectivity index (χ0v) is 13.7. The van der Waals surface area contributed by atoms with Crippen molar-refractivity contribution in [3.8, 4) is 0 Å². The summed E-state index contributed by atoms with van der Waals surface area (Å²) in [5.41, 5.74) is 1.70. The summed E-state index contributed by atoms with van der Waals surface area (Å²) in [6.07, 6.45) is 5.33. The Morgan fingerprint density at radius 2 is 1.91 bits per heavy atom. The van der Waals surface area contributed by atoms with E-state index in [0.717, 1.165) is 18.5 Å². The molecule has 0 heterocycles. The summed E-state index contributed by atoms with van der Waals surface area (Å²) in [5, 5.41) is 6.11. The van der Waals surface area contributed by atoms with Crippen LogP contribution in [-0.4, -0.2) is 31.8 Å². The number of hydrogen-bond acceptors (Lipinski definition) is 5. The molecule has 6 nitrogen and oxygen atoms in total. The number of anilines is 2. The Bertz CT molecular complexity index is 554. The molecule has 1 aromatic rings. The van der Waals surface area contributed by atoms with Crippen molar-refractivity contribution in [2.24, 2.45) is 0 Å². The van der Waals surface area contributed by atoms with E-state index >= 15 is 0 Å². The maximum absolute atomic E-state index is 11.9. The number of rotatable bonds is 5. The Morgan fingerprint density at radius 3 is 2.57 bits per heavy atom. The molecule has 0 aliphatic heterocycles. The Labute approximate surface area is 136 Å². The molecule has 23 heavy (non-hydrogen) atoms. The minimum Gasteiger partial charge on any atom is -0.462 e. The van der Waals surface area contributed by atoms with Gasteiger partial charge in [-0.3, -0.25) is 5.32 Å². The molecule has 0 bridgehead atoms. The average Bonchev–Trinajstić information content (AvgIpc) is 2.57. The lowest BCUT2D eigenvalue weighted by Crippen LogP contribution is -2.23. The van der Waals surface area contributed by atoms with Crippen molar-refractivity contribution in [1.29, 1.82) is 0 Å². The summed E-state index contributed by atoms with van der Waals surface area (Å²) in [5.74, 6) is -0.412. The van der Waals surface area contributed by atoms with Crippen molar-refractivity contribution in [2.75, 3.05) is 24.4 Å². The van der Waals surface area contributed by atoms with Gasteiger partial charge in [-0.05, 0) is 38.0 Å². The van der Waals surface area contributed by atoms with E-state index in [1.807, 2.05) is 0 Å². The predicted molar refractivity (Wildman–Crippen MR) is 88.9 cm³/mol. The van der Waals surface area contributed by atoms with Gasteiger partial charge in [0.2, 0.25) is 0 Å². The second-order valence-electron chi connectivity index (χ2n) is 5.58. The number of hydrogen-bond donors (Lipinski definition) is 2. The van der Waals surface area contributed by atoms with Crippen LogP contribution in [0.25, 0.3) is 0 Å². The molecule has 0 aromatic heterocycles. The highest BCUT2D eigenvalue weighted by Gasteiger charge is 2.17. The van der Waals surface area contributed by atoms with Gasteiger partial charge in [-0.1, -0.05) is 19.3 Å². The Morgan fingerprint density at radius 1 is 1.17 bits per heavy atom. The molecule has 0 unspecified atom stereocenters. The van der Waals surface area contributed by atoms with Crippen LogP contribution < -0.4 is 10.6 Å². The third kappa shape index (κ3) is 4.87. The average molecular weight is 320 g/mol. The molecule has 0 atom stereocenters. The summed E-state index contributed by atoms with van der Waals surface area (Å²) in [4.78, 5) is 23.4. The van der Waals surface area contributed by atoms with Crippen LogP contribution in [0.2, 0.25) is 0 Å². The number of amides is 1. The molecule has 126 valence electrons. The monoisotopic (exact) mass is 320 g/mol. The summed E-state index contributed by atoms with van der Waals surface area (Å²) in [6, 6.07) is 5.49. The molecule has 0 saturated heterocycles. The van der Waals surface area contributed by atoms with Crippen molar-refractivity contribution in [2.45, 2.75) is 45.1 Å². The largest absolute Gasteiger partial charge is 0.462 e. The maximum Gasteiger partial charge on any atom is 0.411 e. The van der Waals surface area contributed by atoms with Crippen LogP contribution in [0.4, 0.5) is 16.2 Å². The van der Waals surface area contributed by atoms with E-state index in [9.17, 15) is 9.59 Å². The molecule has 6 heteroatoms. The van der Waals surface area contributed by atoms with Crippen LogP contribution in [0.3, 0.4) is 0 Å². The number of methoxy groups -OCH3 is 1. The summed E-state index contributed by atoms with van der Waals surface area (Å²) < 4.78 is 9.65. The molecule has 1 saturated carbocycles. The third-order valence-electron chi connectivity index (χ3n) is 3.92. The van der Waals surface area contributed by atoms with E-state index in [4.69, 9.17) is 4.74 Å². The summed E-state index contributed by atoms with van der Waals surface area (Å²) in [6.45, 7) is 2.06. The molecule has 1 aromatic carbocycles. The Hall–Kier alpha value is -2.24. The van der Waals surface area contributed by atoms with Gasteiger partial charge in [0.25, 0.3) is 0 Å². The molecule has 1 aliphatic rings. The summed E-state index contributed by atoms with van der Waals surface area (Å²) >= 11 is 0. The second kappa shape index (κ2) is 8.41. The molecule has 1 aliphatic carbocycles. The van der Waals surface area contributed by atoms with Gasteiger partial charge in [0.05, 0.1) is 30.7 Å². The molecule has 0 spiro atoms. The number of ether oxygens (including phenoxy) is 2. The minimum atomic E-state index is -0.572. The zero-order chi connectivity index (χ0) is 16.7. The van der Waals surface area contributed by atoms with Gasteiger partial charge >= 0.3 is 12.1 Å². The lowest BCUT2D eigenvalue weighted by molar-refractivity contribution is 0.0526. The van der Waals surface area contributed by atoms with Gasteiger partial charge in [-0.25, -0.2) is 9.59 Å². The van der Waals surface area contributed by atoms with Gasteiger partial charge < -0.3 is 14.8 Å². The van der Waals surface area contributed by atoms with E-state index in [0.29, 0.717) is 23.9 Å². The zero-order valence-electron chi connectivity index (χ0n) is 13.7. The van der Waals surface area contributed by atoms with E-state index in [-0.39, 0.29) is 0 Å². The van der Waals surface area contributed by atoms with Gasteiger partial charge in [0.15, 0.2) is 0 Å². The SMILES string of the molecule is CCOC(=O)c1ccc(NC2CCCCC2)c(NC(=O)OC)c1. The maximum atomic E-state index is 11.9. The first kappa shape index (κ1) is 17.1. The number of esters is 1. The first-order valence-electron chi connectivity index (χ1n) is 8.06. The molecule has 1 amide bonds. The Balaban J connectivity index is 2.20. The summed E-state index contributed by atoms with van der Waals surface area (Å²) in [7, 11) is 1.30. The van der Waals surface area contributed by atoms with Crippen LogP contribution >= 0.6 is 0 Å². The lowest BCUT2D eigenvalue weighted by atomic mass is 9.95. The highest BCUT2D eigenvalue weighted by Crippen LogP contribution is 2.28. The van der Waals surface area contributed by atoms with Crippen molar-refractivity contribution >= 4 is 23.4 Å². The molecular formula is C17H24N2O4. The van der Waals surface area contributed by atoms with E-state index in [2.05, 4.69) is 15.4 Å². The van der Waals surface area contributed by atoms with Crippen LogP contribution in [0.15, 0.2) is 18.2 Å². The highest BCUT2D eigenvalue weighted by molar-refractivity contribution is 5.95. The van der Waals surface area contributed by atoms with E-state index in [1.54, 1.807) is 25.1 Å². The van der Waals surface area contributed by atoms with Crippen LogP contribution in [0.1, 0.15) is 49.4 Å². The van der Waals surface area contributed by atoms with Crippen LogP contribution in [-0.2, 0) is 9.47 Å². The van der Waals surface area contributed by atoms with E-state index < -0.39 is 12.1 Å². The van der Waals surface area contributed by atoms with Crippen LogP contribution in [0.5, 0.6) is 0 Å². The first-order chi connectivity index (χ1) is 11.1. The third-order valence-corrected chi connectivity index (χ3v) is 3.92. The molecular weight excluding hydrogens is 296 g/mol. The van der Waals surface area contributed by atoms with Crippen molar-refractivity contribution < 1.29 is 19.1 Å². The first-order valence-corrected chi connectivity index (χ1v) is 8.06. The van der Waals surface area contributed by atoms with Gasteiger partial charge in [0, 0.05) is 6.04 Å².